The summed E-state index contributed by atoms with van der Waals surface area (Å²) in [5.41, 5.74) is 0.333. The van der Waals surface area contributed by atoms with Gasteiger partial charge in [0.2, 0.25) is 0 Å². The molecule has 0 aliphatic rings. The summed E-state index contributed by atoms with van der Waals surface area (Å²) in [5.74, 6) is -0.824. The van der Waals surface area contributed by atoms with Crippen molar-refractivity contribution in [3.05, 3.63) is 29.3 Å². The Morgan fingerprint density at radius 3 is 2.53 bits per heavy atom. The molecule has 0 saturated carbocycles. The van der Waals surface area contributed by atoms with Crippen molar-refractivity contribution in [3.63, 3.8) is 0 Å². The Kier molecular flexibility index (Phi) is 4.53. The van der Waals surface area contributed by atoms with Crippen LogP contribution in [0.15, 0.2) is 18.2 Å². The first-order valence-electron chi connectivity index (χ1n) is 5.94. The number of methoxy groups -OCH3 is 1. The molecule has 0 aromatic heterocycles. The first-order chi connectivity index (χ1) is 8.77. The highest BCUT2D eigenvalue weighted by Gasteiger charge is 2.28. The molecule has 5 nitrogen and oxygen atoms in total. The zero-order valence-corrected chi connectivity index (χ0v) is 11.6. The number of rotatable bonds is 5. The maximum absolute atomic E-state index is 12.1. The van der Waals surface area contributed by atoms with Crippen molar-refractivity contribution in [1.29, 1.82) is 0 Å². The molecule has 19 heavy (non-hydrogen) atoms. The summed E-state index contributed by atoms with van der Waals surface area (Å²) in [5, 5.41) is 11.6. The maximum atomic E-state index is 12.1. The normalized spacial score (nSPS) is 10.9. The molecule has 5 heteroatoms. The number of aliphatic carboxylic acids is 1. The summed E-state index contributed by atoms with van der Waals surface area (Å²) >= 11 is 0. The van der Waals surface area contributed by atoms with Crippen molar-refractivity contribution in [1.82, 2.24) is 5.32 Å². The third-order valence-electron chi connectivity index (χ3n) is 2.87. The van der Waals surface area contributed by atoms with Crippen LogP contribution in [-0.2, 0) is 4.79 Å². The van der Waals surface area contributed by atoms with E-state index in [4.69, 9.17) is 9.84 Å². The van der Waals surface area contributed by atoms with E-state index in [-0.39, 0.29) is 12.5 Å². The van der Waals surface area contributed by atoms with Gasteiger partial charge in [0.25, 0.3) is 5.91 Å². The molecule has 0 radical (unpaired) electrons. The molecule has 0 saturated heterocycles. The third kappa shape index (κ3) is 3.71. The van der Waals surface area contributed by atoms with Crippen molar-refractivity contribution in [2.75, 3.05) is 13.7 Å². The van der Waals surface area contributed by atoms with Crippen molar-refractivity contribution in [3.8, 4) is 5.75 Å². The number of carbonyl (C=O) groups is 2. The van der Waals surface area contributed by atoms with E-state index in [9.17, 15) is 9.59 Å². The highest BCUT2D eigenvalue weighted by Crippen LogP contribution is 2.20. The van der Waals surface area contributed by atoms with Crippen LogP contribution in [0.2, 0.25) is 0 Å². The van der Waals surface area contributed by atoms with E-state index in [1.165, 1.54) is 7.11 Å². The third-order valence-corrected chi connectivity index (χ3v) is 2.87. The molecule has 0 aliphatic heterocycles. The van der Waals surface area contributed by atoms with Gasteiger partial charge in [0.15, 0.2) is 0 Å². The average molecular weight is 265 g/mol. The van der Waals surface area contributed by atoms with E-state index < -0.39 is 11.4 Å². The van der Waals surface area contributed by atoms with Crippen LogP contribution in [0.3, 0.4) is 0 Å². The number of nitrogens with one attached hydrogen (secondary N) is 1. The van der Waals surface area contributed by atoms with Gasteiger partial charge in [0.1, 0.15) is 5.75 Å². The first-order valence-corrected chi connectivity index (χ1v) is 5.94. The predicted molar refractivity (Wildman–Crippen MR) is 71.5 cm³/mol. The van der Waals surface area contributed by atoms with Crippen molar-refractivity contribution in [2.45, 2.75) is 20.8 Å². The van der Waals surface area contributed by atoms with E-state index in [1.807, 2.05) is 13.0 Å². The minimum Gasteiger partial charge on any atom is -0.496 e. The standard InChI is InChI=1S/C14H19NO4/c1-9-5-6-11(19-4)10(7-9)12(16)15-8-14(2,3)13(17)18/h5-7H,8H2,1-4H3,(H,15,16)(H,17,18). The second-order valence-electron chi connectivity index (χ2n) is 5.08. The molecular weight excluding hydrogens is 246 g/mol. The van der Waals surface area contributed by atoms with Crippen LogP contribution in [0.25, 0.3) is 0 Å². The highest BCUT2D eigenvalue weighted by molar-refractivity contribution is 5.97. The van der Waals surface area contributed by atoms with E-state index >= 15 is 0 Å². The minimum absolute atomic E-state index is 0.0538. The zero-order valence-electron chi connectivity index (χ0n) is 11.6. The molecular formula is C14H19NO4. The summed E-state index contributed by atoms with van der Waals surface area (Å²) in [6.45, 7) is 5.04. The molecule has 0 fully saturated rings. The largest absolute Gasteiger partial charge is 0.496 e. The zero-order chi connectivity index (χ0) is 14.6. The Bertz CT molecular complexity index is 494. The van der Waals surface area contributed by atoms with Crippen molar-refractivity contribution < 1.29 is 19.4 Å². The fraction of sp³-hybridized carbons (Fsp3) is 0.429. The van der Waals surface area contributed by atoms with E-state index in [1.54, 1.807) is 26.0 Å². The topological polar surface area (TPSA) is 75.6 Å². The van der Waals surface area contributed by atoms with Gasteiger partial charge in [0, 0.05) is 6.54 Å². The Morgan fingerprint density at radius 2 is 2.00 bits per heavy atom. The monoisotopic (exact) mass is 265 g/mol. The number of carbonyl (C=O) groups excluding carboxylic acids is 1. The Hall–Kier alpha value is -2.04. The molecule has 1 aromatic carbocycles. The smallest absolute Gasteiger partial charge is 0.310 e. The van der Waals surface area contributed by atoms with Crippen LogP contribution in [0, 0.1) is 12.3 Å². The molecule has 104 valence electrons. The van der Waals surface area contributed by atoms with Crippen LogP contribution < -0.4 is 10.1 Å². The number of hydrogen-bond acceptors (Lipinski definition) is 3. The van der Waals surface area contributed by atoms with Gasteiger partial charge in [-0.25, -0.2) is 0 Å². The number of aryl methyl sites for hydroxylation is 1. The second-order valence-corrected chi connectivity index (χ2v) is 5.08. The molecule has 0 heterocycles. The van der Waals surface area contributed by atoms with Crippen LogP contribution in [0.1, 0.15) is 29.8 Å². The Morgan fingerprint density at radius 1 is 1.37 bits per heavy atom. The molecule has 2 N–H and O–H groups in total. The molecule has 0 spiro atoms. The molecule has 1 rings (SSSR count). The molecule has 0 atom stereocenters. The Labute approximate surface area is 112 Å². The summed E-state index contributed by atoms with van der Waals surface area (Å²) in [7, 11) is 1.49. The quantitative estimate of drug-likeness (QED) is 0.851. The van der Waals surface area contributed by atoms with Gasteiger partial charge in [0.05, 0.1) is 18.1 Å². The lowest BCUT2D eigenvalue weighted by Crippen LogP contribution is -2.39. The lowest BCUT2D eigenvalue weighted by Gasteiger charge is -2.20. The second kappa shape index (κ2) is 5.73. The first kappa shape index (κ1) is 15.0. The predicted octanol–water partition coefficient (Wildman–Crippen LogP) is 1.84. The van der Waals surface area contributed by atoms with E-state index in [2.05, 4.69) is 5.32 Å². The molecule has 0 aliphatic carbocycles. The summed E-state index contributed by atoms with van der Waals surface area (Å²) in [6.07, 6.45) is 0. The molecule has 1 amide bonds. The lowest BCUT2D eigenvalue weighted by molar-refractivity contribution is -0.146. The molecule has 0 bridgehead atoms. The van der Waals surface area contributed by atoms with Gasteiger partial charge < -0.3 is 15.2 Å². The van der Waals surface area contributed by atoms with Crippen molar-refractivity contribution in [2.24, 2.45) is 5.41 Å². The fourth-order valence-electron chi connectivity index (χ4n) is 1.47. The number of hydrogen-bond donors (Lipinski definition) is 2. The summed E-state index contributed by atoms with van der Waals surface area (Å²) in [6, 6.07) is 5.27. The maximum Gasteiger partial charge on any atom is 0.310 e. The summed E-state index contributed by atoms with van der Waals surface area (Å²) < 4.78 is 5.12. The number of ether oxygens (including phenoxy) is 1. The average Bonchev–Trinajstić information content (AvgIpc) is 2.35. The van der Waals surface area contributed by atoms with Crippen molar-refractivity contribution >= 4 is 11.9 Å². The van der Waals surface area contributed by atoms with Gasteiger partial charge in [-0.3, -0.25) is 9.59 Å². The van der Waals surface area contributed by atoms with Gasteiger partial charge in [-0.1, -0.05) is 11.6 Å². The van der Waals surface area contributed by atoms with Crippen LogP contribution in [0.4, 0.5) is 0 Å². The lowest BCUT2D eigenvalue weighted by atomic mass is 9.94. The summed E-state index contributed by atoms with van der Waals surface area (Å²) in [4.78, 5) is 23.0. The fourth-order valence-corrected chi connectivity index (χ4v) is 1.47. The number of amides is 1. The van der Waals surface area contributed by atoms with Crippen LogP contribution in [-0.4, -0.2) is 30.6 Å². The van der Waals surface area contributed by atoms with E-state index in [0.717, 1.165) is 5.56 Å². The number of benzene rings is 1. The van der Waals surface area contributed by atoms with E-state index in [0.29, 0.717) is 11.3 Å². The molecule has 0 unspecified atom stereocenters. The van der Waals surface area contributed by atoms with Crippen LogP contribution >= 0.6 is 0 Å². The SMILES string of the molecule is COc1ccc(C)cc1C(=O)NCC(C)(C)C(=O)O. The van der Waals surface area contributed by atoms with Gasteiger partial charge >= 0.3 is 5.97 Å². The highest BCUT2D eigenvalue weighted by atomic mass is 16.5. The van der Waals surface area contributed by atoms with Crippen LogP contribution in [0.5, 0.6) is 5.75 Å². The Balaban J connectivity index is 2.84. The van der Waals surface area contributed by atoms with Gasteiger partial charge in [-0.05, 0) is 32.9 Å². The number of carboxylic acid groups (broad SMARTS) is 1. The molecule has 1 aromatic rings. The minimum atomic E-state index is -1.01. The number of carboxylic acids is 1. The van der Waals surface area contributed by atoms with Gasteiger partial charge in [-0.15, -0.1) is 0 Å². The van der Waals surface area contributed by atoms with Gasteiger partial charge in [-0.2, -0.15) is 0 Å².